The van der Waals surface area contributed by atoms with Gasteiger partial charge >= 0.3 is 5.97 Å². The Morgan fingerprint density at radius 3 is 2.56 bits per heavy atom. The summed E-state index contributed by atoms with van der Waals surface area (Å²) in [4.78, 5) is 12.8. The fourth-order valence-corrected chi connectivity index (χ4v) is 1.75. The third-order valence-corrected chi connectivity index (χ3v) is 3.14. The van der Waals surface area contributed by atoms with E-state index < -0.39 is 11.4 Å². The Balaban J connectivity index is 2.50. The lowest BCUT2D eigenvalue weighted by Crippen LogP contribution is -2.26. The Morgan fingerprint density at radius 2 is 2.00 bits per heavy atom. The molecule has 0 heterocycles. The molecule has 0 saturated carbocycles. The number of hydrogen-bond donors (Lipinski definition) is 1. The van der Waals surface area contributed by atoms with Crippen molar-refractivity contribution >= 4 is 11.7 Å². The molecule has 4 heteroatoms. The van der Waals surface area contributed by atoms with Gasteiger partial charge in [-0.1, -0.05) is 12.1 Å². The molecule has 0 spiro atoms. The summed E-state index contributed by atoms with van der Waals surface area (Å²) in [6.07, 6.45) is 1.28. The van der Waals surface area contributed by atoms with Crippen LogP contribution in [-0.2, 0) is 4.79 Å². The van der Waals surface area contributed by atoms with Crippen LogP contribution in [0.25, 0.3) is 0 Å². The van der Waals surface area contributed by atoms with Crippen molar-refractivity contribution in [3.8, 4) is 0 Å². The lowest BCUT2D eigenvalue weighted by atomic mass is 9.88. The Labute approximate surface area is 107 Å². The minimum atomic E-state index is -0.795. The number of nitrogens with zero attached hydrogens (tertiary/aromatic N) is 1. The minimum Gasteiger partial charge on any atom is -0.481 e. The minimum absolute atomic E-state index is 0.252. The van der Waals surface area contributed by atoms with E-state index in [4.69, 9.17) is 5.11 Å². The van der Waals surface area contributed by atoms with Crippen LogP contribution in [0.5, 0.6) is 0 Å². The van der Waals surface area contributed by atoms with E-state index in [0.717, 1.165) is 0 Å². The van der Waals surface area contributed by atoms with Gasteiger partial charge in [0.2, 0.25) is 0 Å². The molecule has 0 aliphatic rings. The summed E-state index contributed by atoms with van der Waals surface area (Å²) in [5.74, 6) is -1.05. The summed E-state index contributed by atoms with van der Waals surface area (Å²) in [6.45, 7) is 4.05. The lowest BCUT2D eigenvalue weighted by Gasteiger charge is -2.23. The predicted octanol–water partition coefficient (Wildman–Crippen LogP) is 3.15. The van der Waals surface area contributed by atoms with E-state index in [0.29, 0.717) is 25.1 Å². The average Bonchev–Trinajstić information content (AvgIpc) is 2.29. The van der Waals surface area contributed by atoms with Gasteiger partial charge in [0.15, 0.2) is 0 Å². The van der Waals surface area contributed by atoms with Gasteiger partial charge in [-0.05, 0) is 38.8 Å². The largest absolute Gasteiger partial charge is 0.481 e. The summed E-state index contributed by atoms with van der Waals surface area (Å²) in [5, 5.41) is 8.99. The molecular weight excluding hydrogens is 233 g/mol. The molecule has 0 aliphatic heterocycles. The van der Waals surface area contributed by atoms with E-state index >= 15 is 0 Å². The zero-order valence-electron chi connectivity index (χ0n) is 11.1. The van der Waals surface area contributed by atoms with Crippen LogP contribution in [0.4, 0.5) is 10.1 Å². The standard InChI is InChI=1S/C14H20FNO2/c1-14(2,13(17)18)9-6-10-16(3)12-8-5-4-7-11(12)15/h4-5,7-8H,6,9-10H2,1-3H3,(H,17,18). The number of hydrogen-bond acceptors (Lipinski definition) is 2. The van der Waals surface area contributed by atoms with Crippen molar-refractivity contribution in [1.29, 1.82) is 0 Å². The molecule has 1 rings (SSSR count). The Morgan fingerprint density at radius 1 is 1.39 bits per heavy atom. The molecule has 0 aliphatic carbocycles. The zero-order chi connectivity index (χ0) is 13.8. The fourth-order valence-electron chi connectivity index (χ4n) is 1.75. The Hall–Kier alpha value is -1.58. The second-order valence-corrected chi connectivity index (χ2v) is 5.17. The van der Waals surface area contributed by atoms with Crippen molar-refractivity contribution in [2.75, 3.05) is 18.5 Å². The number of benzene rings is 1. The van der Waals surface area contributed by atoms with E-state index in [1.807, 2.05) is 11.9 Å². The number of halogens is 1. The number of carboxylic acid groups (broad SMARTS) is 1. The van der Waals surface area contributed by atoms with E-state index in [-0.39, 0.29) is 5.82 Å². The molecule has 0 amide bonds. The van der Waals surface area contributed by atoms with Gasteiger partial charge in [0, 0.05) is 13.6 Å². The van der Waals surface area contributed by atoms with Crippen LogP contribution < -0.4 is 4.90 Å². The van der Waals surface area contributed by atoms with Crippen LogP contribution in [0, 0.1) is 11.2 Å². The van der Waals surface area contributed by atoms with Gasteiger partial charge in [-0.2, -0.15) is 0 Å². The van der Waals surface area contributed by atoms with Gasteiger partial charge in [-0.3, -0.25) is 4.79 Å². The molecule has 1 aromatic carbocycles. The molecule has 1 N–H and O–H groups in total. The average molecular weight is 253 g/mol. The molecule has 0 atom stereocenters. The summed E-state index contributed by atoms with van der Waals surface area (Å²) >= 11 is 0. The van der Waals surface area contributed by atoms with Gasteiger partial charge in [-0.15, -0.1) is 0 Å². The molecule has 0 fully saturated rings. The third kappa shape index (κ3) is 3.72. The smallest absolute Gasteiger partial charge is 0.309 e. The number of carboxylic acids is 1. The van der Waals surface area contributed by atoms with E-state index in [1.54, 1.807) is 32.0 Å². The second kappa shape index (κ2) is 5.85. The highest BCUT2D eigenvalue weighted by Gasteiger charge is 2.26. The number of carbonyl (C=O) groups is 1. The van der Waals surface area contributed by atoms with Gasteiger partial charge in [0.05, 0.1) is 11.1 Å². The van der Waals surface area contributed by atoms with Crippen molar-refractivity contribution in [1.82, 2.24) is 0 Å². The van der Waals surface area contributed by atoms with Crippen LogP contribution >= 0.6 is 0 Å². The first-order valence-corrected chi connectivity index (χ1v) is 6.03. The van der Waals surface area contributed by atoms with Crippen molar-refractivity contribution < 1.29 is 14.3 Å². The first-order chi connectivity index (χ1) is 8.34. The molecule has 0 unspecified atom stereocenters. The molecule has 0 radical (unpaired) electrons. The highest BCUT2D eigenvalue weighted by atomic mass is 19.1. The van der Waals surface area contributed by atoms with Crippen molar-refractivity contribution in [2.24, 2.45) is 5.41 Å². The Kier molecular flexibility index (Phi) is 4.70. The maximum atomic E-state index is 13.5. The number of para-hydroxylation sites is 1. The van der Waals surface area contributed by atoms with Crippen LogP contribution in [0.1, 0.15) is 26.7 Å². The van der Waals surface area contributed by atoms with Crippen molar-refractivity contribution in [3.05, 3.63) is 30.1 Å². The highest BCUT2D eigenvalue weighted by molar-refractivity contribution is 5.73. The van der Waals surface area contributed by atoms with E-state index in [2.05, 4.69) is 0 Å². The lowest BCUT2D eigenvalue weighted by molar-refractivity contribution is -0.147. The monoisotopic (exact) mass is 253 g/mol. The van der Waals surface area contributed by atoms with Gasteiger partial charge in [0.1, 0.15) is 5.82 Å². The first-order valence-electron chi connectivity index (χ1n) is 6.03. The predicted molar refractivity (Wildman–Crippen MR) is 70.3 cm³/mol. The molecule has 3 nitrogen and oxygen atoms in total. The number of anilines is 1. The molecule has 0 saturated heterocycles. The van der Waals surface area contributed by atoms with Crippen LogP contribution in [0.2, 0.25) is 0 Å². The van der Waals surface area contributed by atoms with Gasteiger partial charge < -0.3 is 10.0 Å². The molecular formula is C14H20FNO2. The zero-order valence-corrected chi connectivity index (χ0v) is 11.1. The topological polar surface area (TPSA) is 40.5 Å². The van der Waals surface area contributed by atoms with Crippen molar-refractivity contribution in [2.45, 2.75) is 26.7 Å². The highest BCUT2D eigenvalue weighted by Crippen LogP contribution is 2.24. The van der Waals surface area contributed by atoms with E-state index in [1.165, 1.54) is 6.07 Å². The third-order valence-electron chi connectivity index (χ3n) is 3.14. The summed E-state index contributed by atoms with van der Waals surface area (Å²) < 4.78 is 13.5. The SMILES string of the molecule is CN(CCCC(C)(C)C(=O)O)c1ccccc1F. The molecule has 18 heavy (non-hydrogen) atoms. The molecule has 100 valence electrons. The molecule has 0 aromatic heterocycles. The fraction of sp³-hybridized carbons (Fsp3) is 0.500. The quantitative estimate of drug-likeness (QED) is 0.846. The van der Waals surface area contributed by atoms with E-state index in [9.17, 15) is 9.18 Å². The van der Waals surface area contributed by atoms with Crippen LogP contribution in [-0.4, -0.2) is 24.7 Å². The number of aliphatic carboxylic acids is 1. The summed E-state index contributed by atoms with van der Waals surface area (Å²) in [5.41, 5.74) is -0.179. The normalized spacial score (nSPS) is 11.3. The Bertz CT molecular complexity index is 418. The summed E-state index contributed by atoms with van der Waals surface area (Å²) in [6, 6.07) is 6.58. The maximum absolute atomic E-state index is 13.5. The maximum Gasteiger partial charge on any atom is 0.309 e. The first kappa shape index (κ1) is 14.5. The molecule has 0 bridgehead atoms. The van der Waals surface area contributed by atoms with Crippen molar-refractivity contribution in [3.63, 3.8) is 0 Å². The summed E-state index contributed by atoms with van der Waals surface area (Å²) in [7, 11) is 1.81. The van der Waals surface area contributed by atoms with Gasteiger partial charge in [-0.25, -0.2) is 4.39 Å². The van der Waals surface area contributed by atoms with Gasteiger partial charge in [0.25, 0.3) is 0 Å². The number of rotatable bonds is 6. The second-order valence-electron chi connectivity index (χ2n) is 5.17. The van der Waals surface area contributed by atoms with Crippen LogP contribution in [0.3, 0.4) is 0 Å². The molecule has 1 aromatic rings. The van der Waals surface area contributed by atoms with Crippen LogP contribution in [0.15, 0.2) is 24.3 Å².